The van der Waals surface area contributed by atoms with Crippen molar-refractivity contribution in [2.75, 3.05) is 13.2 Å². The molecule has 70 valence electrons. The highest BCUT2D eigenvalue weighted by Crippen LogP contribution is 2.52. The highest BCUT2D eigenvalue weighted by Gasteiger charge is 2.55. The first-order valence-electron chi connectivity index (χ1n) is 4.89. The van der Waals surface area contributed by atoms with Gasteiger partial charge in [0.1, 0.15) is 0 Å². The van der Waals surface area contributed by atoms with Crippen LogP contribution < -0.4 is 0 Å². The number of hydrogen-bond donors (Lipinski definition) is 1. The van der Waals surface area contributed by atoms with Gasteiger partial charge in [0.2, 0.25) is 0 Å². The maximum Gasteiger partial charge on any atom is 0.0770 e. The minimum Gasteiger partial charge on any atom is -0.389 e. The molecule has 0 unspecified atom stereocenters. The van der Waals surface area contributed by atoms with Crippen molar-refractivity contribution in [1.29, 1.82) is 0 Å². The van der Waals surface area contributed by atoms with Crippen LogP contribution in [0.25, 0.3) is 0 Å². The summed E-state index contributed by atoms with van der Waals surface area (Å²) in [6.07, 6.45) is 3.24. The van der Waals surface area contributed by atoms with E-state index in [1.807, 2.05) is 0 Å². The predicted octanol–water partition coefficient (Wildman–Crippen LogP) is 1.57. The van der Waals surface area contributed by atoms with Gasteiger partial charge in [-0.15, -0.1) is 0 Å². The maximum absolute atomic E-state index is 10.5. The van der Waals surface area contributed by atoms with Crippen LogP contribution in [0.2, 0.25) is 0 Å². The molecular formula is C10H18O2. The van der Waals surface area contributed by atoms with Gasteiger partial charge in [0.15, 0.2) is 0 Å². The van der Waals surface area contributed by atoms with Crippen molar-refractivity contribution < 1.29 is 9.84 Å². The van der Waals surface area contributed by atoms with Gasteiger partial charge in [-0.25, -0.2) is 0 Å². The molecule has 0 amide bonds. The molecule has 2 aliphatic rings. The van der Waals surface area contributed by atoms with Gasteiger partial charge in [0.25, 0.3) is 0 Å². The predicted molar refractivity (Wildman–Crippen MR) is 46.9 cm³/mol. The third-order valence-corrected chi connectivity index (χ3v) is 3.94. The Morgan fingerprint density at radius 3 is 2.83 bits per heavy atom. The molecule has 0 bridgehead atoms. The largest absolute Gasteiger partial charge is 0.389 e. The second-order valence-electron chi connectivity index (χ2n) is 4.75. The first-order valence-corrected chi connectivity index (χ1v) is 4.89. The summed E-state index contributed by atoms with van der Waals surface area (Å²) >= 11 is 0. The van der Waals surface area contributed by atoms with Crippen molar-refractivity contribution in [2.24, 2.45) is 11.3 Å². The molecule has 0 spiro atoms. The molecule has 0 aromatic heterocycles. The Kier molecular flexibility index (Phi) is 1.74. The van der Waals surface area contributed by atoms with Gasteiger partial charge in [0, 0.05) is 11.3 Å². The van der Waals surface area contributed by atoms with E-state index in [2.05, 4.69) is 13.8 Å². The summed E-state index contributed by atoms with van der Waals surface area (Å²) in [4.78, 5) is 0. The van der Waals surface area contributed by atoms with Crippen LogP contribution in [0.1, 0.15) is 33.1 Å². The number of hydrogen-bond acceptors (Lipinski definition) is 2. The average Bonchev–Trinajstić information content (AvgIpc) is 2.30. The van der Waals surface area contributed by atoms with Crippen molar-refractivity contribution in [2.45, 2.75) is 38.7 Å². The van der Waals surface area contributed by atoms with Crippen molar-refractivity contribution in [1.82, 2.24) is 0 Å². The number of aliphatic hydroxyl groups is 1. The van der Waals surface area contributed by atoms with Crippen molar-refractivity contribution in [3.05, 3.63) is 0 Å². The van der Waals surface area contributed by atoms with Crippen LogP contribution in [0.4, 0.5) is 0 Å². The first kappa shape index (κ1) is 8.52. The zero-order valence-electron chi connectivity index (χ0n) is 7.97. The molecule has 2 nitrogen and oxygen atoms in total. The monoisotopic (exact) mass is 170 g/mol. The smallest absolute Gasteiger partial charge is 0.0770 e. The summed E-state index contributed by atoms with van der Waals surface area (Å²) in [6.45, 7) is 5.73. The molecule has 1 aliphatic carbocycles. The molecule has 12 heavy (non-hydrogen) atoms. The second kappa shape index (κ2) is 2.46. The number of rotatable bonds is 0. The summed E-state index contributed by atoms with van der Waals surface area (Å²) < 4.78 is 5.50. The van der Waals surface area contributed by atoms with E-state index in [1.165, 1.54) is 0 Å². The Bertz CT molecular complexity index is 192. The fraction of sp³-hybridized carbons (Fsp3) is 1.00. The van der Waals surface area contributed by atoms with Gasteiger partial charge >= 0.3 is 0 Å². The minimum absolute atomic E-state index is 0.0324. The molecule has 1 saturated heterocycles. The molecule has 1 N–H and O–H groups in total. The molecular weight excluding hydrogens is 152 g/mol. The molecule has 0 aromatic carbocycles. The van der Waals surface area contributed by atoms with Crippen LogP contribution in [0.15, 0.2) is 0 Å². The quantitative estimate of drug-likeness (QED) is 0.598. The Labute approximate surface area is 73.9 Å². The Hall–Kier alpha value is -0.0800. The number of fused-ring (bicyclic) bond motifs is 1. The molecule has 1 saturated carbocycles. The average molecular weight is 170 g/mol. The molecule has 2 rings (SSSR count). The van der Waals surface area contributed by atoms with Crippen molar-refractivity contribution in [3.63, 3.8) is 0 Å². The van der Waals surface area contributed by atoms with Crippen LogP contribution in [0.3, 0.4) is 0 Å². The molecule has 2 heteroatoms. The Balaban J connectivity index is 2.30. The molecule has 1 aliphatic heterocycles. The topological polar surface area (TPSA) is 29.5 Å². The van der Waals surface area contributed by atoms with Crippen LogP contribution in [0, 0.1) is 11.3 Å². The van der Waals surface area contributed by atoms with E-state index >= 15 is 0 Å². The van der Waals surface area contributed by atoms with E-state index in [4.69, 9.17) is 4.74 Å². The first-order chi connectivity index (χ1) is 5.58. The standard InChI is InChI=1S/C10H18O2/c1-8-6-12-7-9(2)4-3-5-10(8,9)11/h8,11H,3-7H2,1-2H3/t8-,9+,10+/m1/s1. The summed E-state index contributed by atoms with van der Waals surface area (Å²) in [5, 5.41) is 10.5. The zero-order valence-corrected chi connectivity index (χ0v) is 7.97. The van der Waals surface area contributed by atoms with Crippen LogP contribution >= 0.6 is 0 Å². The lowest BCUT2D eigenvalue weighted by Crippen LogP contribution is -2.54. The van der Waals surface area contributed by atoms with Gasteiger partial charge in [-0.05, 0) is 19.3 Å². The fourth-order valence-corrected chi connectivity index (χ4v) is 2.90. The summed E-state index contributed by atoms with van der Waals surface area (Å²) in [5.41, 5.74) is -0.407. The molecule has 0 aromatic rings. The Morgan fingerprint density at radius 1 is 1.42 bits per heavy atom. The second-order valence-corrected chi connectivity index (χ2v) is 4.75. The maximum atomic E-state index is 10.5. The summed E-state index contributed by atoms with van der Waals surface area (Å²) in [5.74, 6) is 0.304. The number of ether oxygens (including phenoxy) is 1. The van der Waals surface area contributed by atoms with E-state index < -0.39 is 5.60 Å². The van der Waals surface area contributed by atoms with Crippen molar-refractivity contribution in [3.8, 4) is 0 Å². The lowest BCUT2D eigenvalue weighted by atomic mass is 9.68. The van der Waals surface area contributed by atoms with Crippen LogP contribution in [-0.2, 0) is 4.74 Å². The highest BCUT2D eigenvalue weighted by molar-refractivity contribution is 5.05. The molecule has 1 heterocycles. The van der Waals surface area contributed by atoms with Gasteiger partial charge in [-0.2, -0.15) is 0 Å². The molecule has 0 radical (unpaired) electrons. The lowest BCUT2D eigenvalue weighted by molar-refractivity contribution is -0.180. The van der Waals surface area contributed by atoms with E-state index in [1.54, 1.807) is 0 Å². The molecule has 2 fully saturated rings. The zero-order chi connectivity index (χ0) is 8.82. The SMILES string of the molecule is C[C@@H]1COC[C@]2(C)CCC[C@]12O. The van der Waals surface area contributed by atoms with E-state index in [-0.39, 0.29) is 5.41 Å². The van der Waals surface area contributed by atoms with Crippen molar-refractivity contribution >= 4 is 0 Å². The molecule has 3 atom stereocenters. The van der Waals surface area contributed by atoms with E-state index in [9.17, 15) is 5.11 Å². The van der Waals surface area contributed by atoms with Crippen LogP contribution in [-0.4, -0.2) is 23.9 Å². The van der Waals surface area contributed by atoms with Crippen LogP contribution in [0.5, 0.6) is 0 Å². The highest BCUT2D eigenvalue weighted by atomic mass is 16.5. The summed E-state index contributed by atoms with van der Waals surface area (Å²) in [6, 6.07) is 0. The lowest BCUT2D eigenvalue weighted by Gasteiger charge is -2.47. The Morgan fingerprint density at radius 2 is 2.17 bits per heavy atom. The summed E-state index contributed by atoms with van der Waals surface area (Å²) in [7, 11) is 0. The van der Waals surface area contributed by atoms with Gasteiger partial charge in [-0.3, -0.25) is 0 Å². The van der Waals surface area contributed by atoms with Gasteiger partial charge in [0.05, 0.1) is 18.8 Å². The van der Waals surface area contributed by atoms with E-state index in [0.717, 1.165) is 32.5 Å². The minimum atomic E-state index is -0.439. The van der Waals surface area contributed by atoms with Gasteiger partial charge < -0.3 is 9.84 Å². The van der Waals surface area contributed by atoms with E-state index in [0.29, 0.717) is 5.92 Å². The van der Waals surface area contributed by atoms with Gasteiger partial charge in [-0.1, -0.05) is 13.8 Å². The third-order valence-electron chi connectivity index (χ3n) is 3.94. The normalized spacial score (nSPS) is 53.8. The fourth-order valence-electron chi connectivity index (χ4n) is 2.90. The third kappa shape index (κ3) is 0.882.